The molecule has 1 heterocycles. The molecule has 4 nitrogen and oxygen atoms in total. The monoisotopic (exact) mass is 255 g/mol. The summed E-state index contributed by atoms with van der Waals surface area (Å²) in [4.78, 5) is 17.9. The number of aromatic nitrogens is 1. The highest BCUT2D eigenvalue weighted by atomic mass is 16.2. The molecule has 2 rings (SSSR count). The van der Waals surface area contributed by atoms with E-state index in [1.54, 1.807) is 25.4 Å². The van der Waals surface area contributed by atoms with E-state index < -0.39 is 0 Å². The minimum Gasteiger partial charge on any atom is -0.399 e. The molecule has 0 atom stereocenters. The van der Waals surface area contributed by atoms with Gasteiger partial charge in [0.25, 0.3) is 0 Å². The minimum absolute atomic E-state index is 0.0105. The van der Waals surface area contributed by atoms with Crippen LogP contribution in [0.2, 0.25) is 0 Å². The number of carbonyl (C=O) groups is 1. The van der Waals surface area contributed by atoms with Gasteiger partial charge in [-0.1, -0.05) is 29.8 Å². The molecule has 1 aromatic carbocycles. The summed E-state index contributed by atoms with van der Waals surface area (Å²) in [5.74, 6) is 0.557. The molecule has 1 amide bonds. The van der Waals surface area contributed by atoms with Gasteiger partial charge in [-0.3, -0.25) is 9.69 Å². The van der Waals surface area contributed by atoms with Crippen LogP contribution in [0.25, 0.3) is 0 Å². The van der Waals surface area contributed by atoms with E-state index in [-0.39, 0.29) is 5.91 Å². The van der Waals surface area contributed by atoms with Gasteiger partial charge in [0.1, 0.15) is 5.82 Å². The molecule has 1 aromatic heterocycles. The van der Waals surface area contributed by atoms with Crippen LogP contribution in [0.3, 0.4) is 0 Å². The highest BCUT2D eigenvalue weighted by molar-refractivity contribution is 5.93. The Morgan fingerprint density at radius 3 is 2.79 bits per heavy atom. The SMILES string of the molecule is Cc1cccc(CC(=O)N(C)c2cc(N)ccn2)c1. The van der Waals surface area contributed by atoms with Gasteiger partial charge in [0.2, 0.25) is 5.91 Å². The molecule has 0 spiro atoms. The van der Waals surface area contributed by atoms with Gasteiger partial charge < -0.3 is 5.73 Å². The largest absolute Gasteiger partial charge is 0.399 e. The second-order valence-corrected chi connectivity index (χ2v) is 4.57. The summed E-state index contributed by atoms with van der Waals surface area (Å²) in [6.07, 6.45) is 1.95. The van der Waals surface area contributed by atoms with Gasteiger partial charge in [0.15, 0.2) is 0 Å². The van der Waals surface area contributed by atoms with E-state index in [0.717, 1.165) is 11.1 Å². The van der Waals surface area contributed by atoms with E-state index in [9.17, 15) is 4.79 Å². The van der Waals surface area contributed by atoms with Crippen LogP contribution in [0.15, 0.2) is 42.6 Å². The first kappa shape index (κ1) is 13.1. The number of hydrogen-bond donors (Lipinski definition) is 1. The molecule has 0 aliphatic heterocycles. The fourth-order valence-corrected chi connectivity index (χ4v) is 1.86. The second-order valence-electron chi connectivity index (χ2n) is 4.57. The first-order valence-electron chi connectivity index (χ1n) is 6.10. The minimum atomic E-state index is -0.0105. The van der Waals surface area contributed by atoms with Crippen LogP contribution < -0.4 is 10.6 Å². The Bertz CT molecular complexity index is 595. The predicted molar refractivity (Wildman–Crippen MR) is 76.9 cm³/mol. The number of amides is 1. The molecule has 0 fully saturated rings. The summed E-state index contributed by atoms with van der Waals surface area (Å²) in [6.45, 7) is 2.01. The summed E-state index contributed by atoms with van der Waals surface area (Å²) in [5, 5.41) is 0. The van der Waals surface area contributed by atoms with Crippen molar-refractivity contribution in [3.05, 3.63) is 53.7 Å². The lowest BCUT2D eigenvalue weighted by Crippen LogP contribution is -2.28. The maximum absolute atomic E-state index is 12.2. The maximum Gasteiger partial charge on any atom is 0.232 e. The summed E-state index contributed by atoms with van der Waals surface area (Å²) in [5.41, 5.74) is 8.44. The first-order valence-corrected chi connectivity index (χ1v) is 6.10. The highest BCUT2D eigenvalue weighted by Crippen LogP contribution is 2.14. The summed E-state index contributed by atoms with van der Waals surface area (Å²) < 4.78 is 0. The van der Waals surface area contributed by atoms with Crippen LogP contribution >= 0.6 is 0 Å². The molecule has 0 saturated heterocycles. The first-order chi connectivity index (χ1) is 9.06. The zero-order chi connectivity index (χ0) is 13.8. The van der Waals surface area contributed by atoms with E-state index in [1.807, 2.05) is 31.2 Å². The average Bonchev–Trinajstić information content (AvgIpc) is 2.38. The third-order valence-electron chi connectivity index (χ3n) is 2.93. The predicted octanol–water partition coefficient (Wildman–Crippen LogP) is 2.18. The number of nitrogens with zero attached hydrogens (tertiary/aromatic N) is 2. The van der Waals surface area contributed by atoms with Crippen molar-refractivity contribution in [2.75, 3.05) is 17.7 Å². The van der Waals surface area contributed by atoms with Gasteiger partial charge >= 0.3 is 0 Å². The van der Waals surface area contributed by atoms with Gasteiger partial charge in [-0.2, -0.15) is 0 Å². The van der Waals surface area contributed by atoms with E-state index in [2.05, 4.69) is 4.98 Å². The Kier molecular flexibility index (Phi) is 3.80. The van der Waals surface area contributed by atoms with Crippen LogP contribution in [0, 0.1) is 6.92 Å². The molecule has 4 heteroatoms. The van der Waals surface area contributed by atoms with Crippen molar-refractivity contribution in [1.82, 2.24) is 4.98 Å². The number of likely N-dealkylation sites (N-methyl/N-ethyl adjacent to an activating group) is 1. The Morgan fingerprint density at radius 1 is 1.32 bits per heavy atom. The second kappa shape index (κ2) is 5.52. The molecular weight excluding hydrogens is 238 g/mol. The number of anilines is 2. The van der Waals surface area contributed by atoms with E-state index in [4.69, 9.17) is 5.73 Å². The smallest absolute Gasteiger partial charge is 0.232 e. The number of nitrogens with two attached hydrogens (primary N) is 1. The van der Waals surface area contributed by atoms with E-state index >= 15 is 0 Å². The average molecular weight is 255 g/mol. The summed E-state index contributed by atoms with van der Waals surface area (Å²) in [6, 6.07) is 11.3. The molecule has 0 radical (unpaired) electrons. The molecule has 0 unspecified atom stereocenters. The molecule has 0 aliphatic rings. The Morgan fingerprint density at radius 2 is 2.11 bits per heavy atom. The van der Waals surface area contributed by atoms with Gasteiger partial charge in [-0.15, -0.1) is 0 Å². The van der Waals surface area contributed by atoms with Crippen molar-refractivity contribution in [2.24, 2.45) is 0 Å². The van der Waals surface area contributed by atoms with E-state index in [0.29, 0.717) is 17.9 Å². The van der Waals surface area contributed by atoms with E-state index in [1.165, 1.54) is 4.90 Å². The molecular formula is C15H17N3O. The van der Waals surface area contributed by atoms with Crippen molar-refractivity contribution in [3.8, 4) is 0 Å². The Labute approximate surface area is 112 Å². The lowest BCUT2D eigenvalue weighted by Gasteiger charge is -2.16. The number of nitrogen functional groups attached to an aromatic ring is 1. The fourth-order valence-electron chi connectivity index (χ4n) is 1.86. The van der Waals surface area contributed by atoms with Gasteiger partial charge in [-0.05, 0) is 18.6 Å². The van der Waals surface area contributed by atoms with Crippen molar-refractivity contribution in [1.29, 1.82) is 0 Å². The van der Waals surface area contributed by atoms with Crippen molar-refractivity contribution >= 4 is 17.4 Å². The van der Waals surface area contributed by atoms with Gasteiger partial charge in [0.05, 0.1) is 6.42 Å². The van der Waals surface area contributed by atoms with Crippen molar-refractivity contribution in [3.63, 3.8) is 0 Å². The van der Waals surface area contributed by atoms with Crippen LogP contribution in [-0.4, -0.2) is 17.9 Å². The topological polar surface area (TPSA) is 59.2 Å². The molecule has 2 N–H and O–H groups in total. The zero-order valence-corrected chi connectivity index (χ0v) is 11.1. The maximum atomic E-state index is 12.2. The summed E-state index contributed by atoms with van der Waals surface area (Å²) in [7, 11) is 1.71. The van der Waals surface area contributed by atoms with Gasteiger partial charge in [-0.25, -0.2) is 4.98 Å². The lowest BCUT2D eigenvalue weighted by atomic mass is 10.1. The number of aryl methyl sites for hydroxylation is 1. The Hall–Kier alpha value is -2.36. The molecule has 0 saturated carbocycles. The lowest BCUT2D eigenvalue weighted by molar-refractivity contribution is -0.117. The summed E-state index contributed by atoms with van der Waals surface area (Å²) >= 11 is 0. The van der Waals surface area contributed by atoms with Crippen molar-refractivity contribution in [2.45, 2.75) is 13.3 Å². The molecule has 0 aliphatic carbocycles. The third-order valence-corrected chi connectivity index (χ3v) is 2.93. The normalized spacial score (nSPS) is 10.2. The third kappa shape index (κ3) is 3.31. The number of hydrogen-bond acceptors (Lipinski definition) is 3. The standard InChI is InChI=1S/C15H17N3O/c1-11-4-3-5-12(8-11)9-15(19)18(2)14-10-13(16)6-7-17-14/h3-8,10H,9H2,1-2H3,(H2,16,17). The zero-order valence-electron chi connectivity index (χ0n) is 11.1. The molecule has 19 heavy (non-hydrogen) atoms. The number of carbonyl (C=O) groups excluding carboxylic acids is 1. The molecule has 98 valence electrons. The van der Waals surface area contributed by atoms with Gasteiger partial charge in [0, 0.05) is 25.0 Å². The van der Waals surface area contributed by atoms with Crippen LogP contribution in [0.1, 0.15) is 11.1 Å². The fraction of sp³-hybridized carbons (Fsp3) is 0.200. The number of rotatable bonds is 3. The van der Waals surface area contributed by atoms with Crippen LogP contribution in [0.4, 0.5) is 11.5 Å². The van der Waals surface area contributed by atoms with Crippen molar-refractivity contribution < 1.29 is 4.79 Å². The van der Waals surface area contributed by atoms with Crippen LogP contribution in [-0.2, 0) is 11.2 Å². The number of pyridine rings is 1. The Balaban J connectivity index is 2.12. The quantitative estimate of drug-likeness (QED) is 0.914. The molecule has 0 bridgehead atoms. The van der Waals surface area contributed by atoms with Crippen LogP contribution in [0.5, 0.6) is 0 Å². The number of benzene rings is 1. The molecule has 2 aromatic rings. The highest BCUT2D eigenvalue weighted by Gasteiger charge is 2.12.